The number of nitro groups is 1. The summed E-state index contributed by atoms with van der Waals surface area (Å²) in [6, 6.07) is 25.4. The van der Waals surface area contributed by atoms with Crippen molar-refractivity contribution < 1.29 is 9.72 Å². The average Bonchev–Trinajstić information content (AvgIpc) is 3.14. The lowest BCUT2D eigenvalue weighted by Gasteiger charge is -2.05. The fraction of sp³-hybridized carbons (Fsp3) is 0. The summed E-state index contributed by atoms with van der Waals surface area (Å²) in [6.07, 6.45) is 1.66. The predicted octanol–water partition coefficient (Wildman–Crippen LogP) is 4.61. The predicted molar refractivity (Wildman–Crippen MR) is 123 cm³/mol. The van der Waals surface area contributed by atoms with E-state index in [1.165, 1.54) is 23.9 Å². The topological polar surface area (TPSA) is 97.0 Å². The normalized spacial score (nSPS) is 15.7. The zero-order valence-corrected chi connectivity index (χ0v) is 17.0. The first-order valence-corrected chi connectivity index (χ1v) is 10.1. The minimum atomic E-state index is -0.465. The molecule has 1 aliphatic heterocycles. The van der Waals surface area contributed by atoms with Crippen LogP contribution in [-0.4, -0.2) is 21.7 Å². The van der Waals surface area contributed by atoms with E-state index in [0.717, 1.165) is 11.1 Å². The summed E-state index contributed by atoms with van der Waals surface area (Å²) >= 11 is 1.17. The number of carbonyl (C=O) groups excluding carboxylic acids is 1. The fourth-order valence-corrected chi connectivity index (χ4v) is 3.66. The van der Waals surface area contributed by atoms with Crippen LogP contribution in [0.2, 0.25) is 0 Å². The third-order valence-electron chi connectivity index (χ3n) is 4.39. The lowest BCUT2D eigenvalue weighted by atomic mass is 10.0. The summed E-state index contributed by atoms with van der Waals surface area (Å²) in [7, 11) is 0. The van der Waals surface area contributed by atoms with Crippen molar-refractivity contribution in [2.75, 3.05) is 0 Å². The Bertz CT molecular complexity index is 1160. The second kappa shape index (κ2) is 9.19. The van der Waals surface area contributed by atoms with Crippen molar-refractivity contribution in [1.29, 1.82) is 0 Å². The van der Waals surface area contributed by atoms with Gasteiger partial charge in [0.2, 0.25) is 0 Å². The molecule has 0 atom stereocenters. The number of nitrogens with zero attached hydrogens (tertiary/aromatic N) is 3. The van der Waals surface area contributed by atoms with Crippen LogP contribution in [-0.2, 0) is 4.79 Å². The zero-order chi connectivity index (χ0) is 21.6. The van der Waals surface area contributed by atoms with E-state index < -0.39 is 4.92 Å². The van der Waals surface area contributed by atoms with Crippen LogP contribution in [0.4, 0.5) is 5.69 Å². The van der Waals surface area contributed by atoms with Gasteiger partial charge in [0.25, 0.3) is 11.6 Å². The number of rotatable bonds is 5. The van der Waals surface area contributed by atoms with E-state index in [9.17, 15) is 14.9 Å². The molecule has 1 aliphatic rings. The Morgan fingerprint density at radius 3 is 2.03 bits per heavy atom. The Balaban J connectivity index is 1.60. The fourth-order valence-electron chi connectivity index (χ4n) is 2.89. The summed E-state index contributed by atoms with van der Waals surface area (Å²) in [5, 5.41) is 22.5. The number of thioether (sulfide) groups is 1. The number of hydrogen-bond acceptors (Lipinski definition) is 6. The van der Waals surface area contributed by atoms with Gasteiger partial charge in [-0.25, -0.2) is 0 Å². The molecule has 0 spiro atoms. The first-order chi connectivity index (χ1) is 15.1. The van der Waals surface area contributed by atoms with Crippen molar-refractivity contribution >= 4 is 40.3 Å². The van der Waals surface area contributed by atoms with Crippen molar-refractivity contribution in [2.45, 2.75) is 0 Å². The van der Waals surface area contributed by atoms with E-state index in [1.54, 1.807) is 18.2 Å². The lowest BCUT2D eigenvalue weighted by Crippen LogP contribution is -2.19. The van der Waals surface area contributed by atoms with Gasteiger partial charge in [-0.2, -0.15) is 0 Å². The van der Waals surface area contributed by atoms with Crippen molar-refractivity contribution in [3.8, 4) is 0 Å². The molecule has 0 aliphatic carbocycles. The van der Waals surface area contributed by atoms with Crippen LogP contribution in [0.5, 0.6) is 0 Å². The van der Waals surface area contributed by atoms with Gasteiger partial charge in [0.1, 0.15) is 5.71 Å². The highest BCUT2D eigenvalue weighted by atomic mass is 32.2. The Hall–Kier alpha value is -4.04. The van der Waals surface area contributed by atoms with Crippen molar-refractivity contribution in [2.24, 2.45) is 10.2 Å². The highest BCUT2D eigenvalue weighted by Gasteiger charge is 2.24. The molecule has 0 bridgehead atoms. The van der Waals surface area contributed by atoms with Gasteiger partial charge in [-0.3, -0.25) is 20.2 Å². The number of nitro benzene ring substituents is 1. The van der Waals surface area contributed by atoms with Crippen LogP contribution >= 0.6 is 11.8 Å². The van der Waals surface area contributed by atoms with Crippen LogP contribution in [0.3, 0.4) is 0 Å². The molecule has 8 heteroatoms. The molecule has 7 nitrogen and oxygen atoms in total. The smallest absolute Gasteiger partial charge is 0.269 e. The molecule has 31 heavy (non-hydrogen) atoms. The minimum Gasteiger partial charge on any atom is -0.299 e. The van der Waals surface area contributed by atoms with Crippen LogP contribution in [0.25, 0.3) is 6.08 Å². The van der Waals surface area contributed by atoms with E-state index in [-0.39, 0.29) is 11.6 Å². The van der Waals surface area contributed by atoms with Gasteiger partial charge in [-0.05, 0) is 35.5 Å². The van der Waals surface area contributed by atoms with Gasteiger partial charge in [-0.15, -0.1) is 10.2 Å². The third-order valence-corrected chi connectivity index (χ3v) is 5.29. The highest BCUT2D eigenvalue weighted by Crippen LogP contribution is 2.27. The lowest BCUT2D eigenvalue weighted by molar-refractivity contribution is -0.384. The summed E-state index contributed by atoms with van der Waals surface area (Å²) < 4.78 is 0. The third kappa shape index (κ3) is 4.93. The van der Waals surface area contributed by atoms with Gasteiger partial charge >= 0.3 is 0 Å². The molecular weight excluding hydrogens is 412 g/mol. The molecule has 0 aromatic heterocycles. The second-order valence-electron chi connectivity index (χ2n) is 6.50. The molecule has 1 amide bonds. The highest BCUT2D eigenvalue weighted by molar-refractivity contribution is 8.18. The minimum absolute atomic E-state index is 0.00313. The molecule has 0 saturated carbocycles. The molecule has 1 heterocycles. The molecule has 1 saturated heterocycles. The summed E-state index contributed by atoms with van der Waals surface area (Å²) in [6.45, 7) is 0. The number of hydrogen-bond donors (Lipinski definition) is 1. The molecule has 0 unspecified atom stereocenters. The van der Waals surface area contributed by atoms with Gasteiger partial charge in [-0.1, -0.05) is 60.7 Å². The Morgan fingerprint density at radius 2 is 1.48 bits per heavy atom. The summed E-state index contributed by atoms with van der Waals surface area (Å²) in [5.41, 5.74) is 3.19. The molecular formula is C23H16N4O3S. The van der Waals surface area contributed by atoms with Crippen LogP contribution in [0.15, 0.2) is 100 Å². The first kappa shape index (κ1) is 20.2. The Kier molecular flexibility index (Phi) is 6.00. The summed E-state index contributed by atoms with van der Waals surface area (Å²) in [5.74, 6) is -0.293. The van der Waals surface area contributed by atoms with Crippen molar-refractivity contribution in [3.63, 3.8) is 0 Å². The Labute approximate surface area is 182 Å². The van der Waals surface area contributed by atoms with Crippen LogP contribution in [0, 0.1) is 10.1 Å². The molecule has 1 N–H and O–H groups in total. The van der Waals surface area contributed by atoms with Crippen LogP contribution in [0.1, 0.15) is 16.7 Å². The molecule has 3 aromatic rings. The maximum Gasteiger partial charge on any atom is 0.269 e. The van der Waals surface area contributed by atoms with Crippen molar-refractivity contribution in [1.82, 2.24) is 5.32 Å². The van der Waals surface area contributed by atoms with Gasteiger partial charge < -0.3 is 0 Å². The van der Waals surface area contributed by atoms with E-state index in [4.69, 9.17) is 0 Å². The SMILES string of the molecule is O=C1N/C(=N/N=C(c2ccccc2)c2ccccc2)S/C1=C\c1ccc([N+](=O)[O-])cc1. The van der Waals surface area contributed by atoms with Gasteiger partial charge in [0.05, 0.1) is 9.83 Å². The Morgan fingerprint density at radius 1 is 0.903 bits per heavy atom. The molecule has 152 valence electrons. The first-order valence-electron chi connectivity index (χ1n) is 9.32. The number of benzene rings is 3. The quantitative estimate of drug-likeness (QED) is 0.278. The number of carbonyl (C=O) groups is 1. The van der Waals surface area contributed by atoms with E-state index in [0.29, 0.717) is 21.3 Å². The molecule has 3 aromatic carbocycles. The van der Waals surface area contributed by atoms with E-state index in [1.807, 2.05) is 60.7 Å². The molecule has 0 radical (unpaired) electrons. The maximum atomic E-state index is 12.3. The van der Waals surface area contributed by atoms with Crippen LogP contribution < -0.4 is 5.32 Å². The number of non-ortho nitro benzene ring substituents is 1. The molecule has 1 fully saturated rings. The molecule has 4 rings (SSSR count). The standard InChI is InChI=1S/C23H16N4O3S/c28-22-20(15-16-11-13-19(14-12-16)27(29)30)31-23(24-22)26-25-21(17-7-3-1-4-8-17)18-9-5-2-6-10-18/h1-15H,(H,24,26,28)/b20-15-. The number of amidine groups is 1. The number of nitrogens with one attached hydrogen (secondary N) is 1. The van der Waals surface area contributed by atoms with Gasteiger partial charge in [0.15, 0.2) is 5.17 Å². The van der Waals surface area contributed by atoms with E-state index in [2.05, 4.69) is 15.5 Å². The zero-order valence-electron chi connectivity index (χ0n) is 16.1. The second-order valence-corrected chi connectivity index (χ2v) is 7.53. The van der Waals surface area contributed by atoms with E-state index >= 15 is 0 Å². The summed E-state index contributed by atoms with van der Waals surface area (Å²) in [4.78, 5) is 23.1. The number of amides is 1. The largest absolute Gasteiger partial charge is 0.299 e. The van der Waals surface area contributed by atoms with Gasteiger partial charge in [0, 0.05) is 23.3 Å². The van der Waals surface area contributed by atoms with Crippen molar-refractivity contribution in [3.05, 3.63) is 117 Å². The monoisotopic (exact) mass is 428 g/mol. The maximum absolute atomic E-state index is 12.3. The average molecular weight is 428 g/mol.